The molecule has 0 aromatic heterocycles. The van der Waals surface area contributed by atoms with E-state index in [4.69, 9.17) is 16.3 Å². The van der Waals surface area contributed by atoms with E-state index >= 15 is 0 Å². The number of nitrogens with one attached hydrogen (secondary N) is 2. The zero-order chi connectivity index (χ0) is 20.2. The molecule has 0 bridgehead atoms. The second-order valence-corrected chi connectivity index (χ2v) is 7.22. The number of thioether (sulfide) groups is 1. The van der Waals surface area contributed by atoms with Crippen LogP contribution in [0.4, 0.5) is 5.69 Å². The fourth-order valence-corrected chi connectivity index (χ4v) is 2.92. The van der Waals surface area contributed by atoms with Gasteiger partial charge in [0.2, 0.25) is 5.91 Å². The molecule has 2 aromatic carbocycles. The van der Waals surface area contributed by atoms with Crippen LogP contribution in [0.2, 0.25) is 5.02 Å². The summed E-state index contributed by atoms with van der Waals surface area (Å²) in [7, 11) is 0. The monoisotopic (exact) mass is 420 g/mol. The Hall–Kier alpha value is -2.51. The zero-order valence-corrected chi connectivity index (χ0v) is 16.7. The van der Waals surface area contributed by atoms with Crippen LogP contribution in [-0.2, 0) is 25.5 Å². The van der Waals surface area contributed by atoms with Crippen molar-refractivity contribution in [3.63, 3.8) is 0 Å². The third-order valence-corrected chi connectivity index (χ3v) is 4.68. The van der Waals surface area contributed by atoms with Crippen molar-refractivity contribution in [2.45, 2.75) is 6.42 Å². The first kappa shape index (κ1) is 21.8. The molecule has 28 heavy (non-hydrogen) atoms. The van der Waals surface area contributed by atoms with Crippen LogP contribution in [0.1, 0.15) is 5.56 Å². The van der Waals surface area contributed by atoms with Crippen molar-refractivity contribution in [1.82, 2.24) is 5.32 Å². The number of esters is 1. The highest BCUT2D eigenvalue weighted by Gasteiger charge is 2.09. The molecule has 0 atom stereocenters. The van der Waals surface area contributed by atoms with Crippen LogP contribution in [0.3, 0.4) is 0 Å². The van der Waals surface area contributed by atoms with E-state index in [1.807, 2.05) is 30.3 Å². The number of carbonyl (C=O) groups excluding carboxylic acids is 3. The van der Waals surface area contributed by atoms with Gasteiger partial charge in [-0.25, -0.2) is 0 Å². The van der Waals surface area contributed by atoms with Gasteiger partial charge < -0.3 is 15.4 Å². The second-order valence-electron chi connectivity index (χ2n) is 5.79. The topological polar surface area (TPSA) is 84.5 Å². The molecule has 8 heteroatoms. The largest absolute Gasteiger partial charge is 0.455 e. The van der Waals surface area contributed by atoms with E-state index in [1.165, 1.54) is 0 Å². The summed E-state index contributed by atoms with van der Waals surface area (Å²) < 4.78 is 4.90. The van der Waals surface area contributed by atoms with Gasteiger partial charge in [0.1, 0.15) is 0 Å². The number of hydrogen-bond donors (Lipinski definition) is 2. The summed E-state index contributed by atoms with van der Waals surface area (Å²) in [6, 6.07) is 16.5. The summed E-state index contributed by atoms with van der Waals surface area (Å²) in [6.07, 6.45) is 0.707. The van der Waals surface area contributed by atoms with E-state index < -0.39 is 5.97 Å². The first-order chi connectivity index (χ1) is 13.5. The minimum Gasteiger partial charge on any atom is -0.455 e. The van der Waals surface area contributed by atoms with Gasteiger partial charge in [0, 0.05) is 17.3 Å². The maximum Gasteiger partial charge on any atom is 0.316 e. The van der Waals surface area contributed by atoms with Gasteiger partial charge in [0.15, 0.2) is 6.61 Å². The number of carbonyl (C=O) groups is 3. The maximum absolute atomic E-state index is 11.8. The molecule has 2 N–H and O–H groups in total. The van der Waals surface area contributed by atoms with Crippen LogP contribution in [0.5, 0.6) is 0 Å². The molecule has 0 saturated carbocycles. The molecule has 0 heterocycles. The molecular weight excluding hydrogens is 400 g/mol. The van der Waals surface area contributed by atoms with Gasteiger partial charge in [-0.1, -0.05) is 41.9 Å². The van der Waals surface area contributed by atoms with Crippen molar-refractivity contribution >= 4 is 46.8 Å². The first-order valence-electron chi connectivity index (χ1n) is 8.62. The average molecular weight is 421 g/mol. The van der Waals surface area contributed by atoms with E-state index in [0.29, 0.717) is 23.7 Å². The zero-order valence-electron chi connectivity index (χ0n) is 15.2. The van der Waals surface area contributed by atoms with E-state index in [-0.39, 0.29) is 29.9 Å². The highest BCUT2D eigenvalue weighted by Crippen LogP contribution is 2.13. The highest BCUT2D eigenvalue weighted by atomic mass is 35.5. The summed E-state index contributed by atoms with van der Waals surface area (Å²) in [5.41, 5.74) is 1.75. The SMILES string of the molecule is O=C(COC(=O)CSCC(=O)Nc1ccc(Cl)cc1)NCCc1ccccc1. The Bertz CT molecular complexity index is 785. The summed E-state index contributed by atoms with van der Waals surface area (Å²) in [4.78, 5) is 35.1. The number of amides is 2. The maximum atomic E-state index is 11.8. The molecule has 148 valence electrons. The van der Waals surface area contributed by atoms with Gasteiger partial charge in [-0.15, -0.1) is 11.8 Å². The van der Waals surface area contributed by atoms with Gasteiger partial charge in [-0.05, 0) is 36.2 Å². The molecule has 0 radical (unpaired) electrons. The molecule has 2 aromatic rings. The van der Waals surface area contributed by atoms with Gasteiger partial charge in [0.05, 0.1) is 11.5 Å². The molecule has 0 aliphatic carbocycles. The van der Waals surface area contributed by atoms with Crippen molar-refractivity contribution in [2.75, 3.05) is 30.0 Å². The Balaban J connectivity index is 1.53. The molecule has 6 nitrogen and oxygen atoms in total. The van der Waals surface area contributed by atoms with Crippen LogP contribution in [0.25, 0.3) is 0 Å². The molecule has 0 unspecified atom stereocenters. The summed E-state index contributed by atoms with van der Waals surface area (Å²) in [6.45, 7) is 0.144. The fraction of sp³-hybridized carbons (Fsp3) is 0.250. The Morgan fingerprint density at radius 3 is 2.36 bits per heavy atom. The van der Waals surface area contributed by atoms with Gasteiger partial charge in [0.25, 0.3) is 5.91 Å². The lowest BCUT2D eigenvalue weighted by atomic mass is 10.1. The molecular formula is C20H21ClN2O4S. The Labute approximate surface area is 173 Å². The number of benzene rings is 2. The van der Waals surface area contributed by atoms with Crippen molar-refractivity contribution < 1.29 is 19.1 Å². The van der Waals surface area contributed by atoms with E-state index in [9.17, 15) is 14.4 Å². The molecule has 2 rings (SSSR count). The first-order valence-corrected chi connectivity index (χ1v) is 10.2. The Morgan fingerprint density at radius 2 is 1.64 bits per heavy atom. The molecule has 0 aliphatic heterocycles. The predicted octanol–water partition coefficient (Wildman–Crippen LogP) is 2.91. The smallest absolute Gasteiger partial charge is 0.316 e. The van der Waals surface area contributed by atoms with Crippen molar-refractivity contribution in [1.29, 1.82) is 0 Å². The number of halogens is 1. The van der Waals surface area contributed by atoms with Crippen molar-refractivity contribution in [3.8, 4) is 0 Å². The minimum absolute atomic E-state index is 0.00860. The Kier molecular flexibility index (Phi) is 9.37. The lowest BCUT2D eigenvalue weighted by Crippen LogP contribution is -2.30. The van der Waals surface area contributed by atoms with Crippen LogP contribution in [-0.4, -0.2) is 42.4 Å². The lowest BCUT2D eigenvalue weighted by molar-refractivity contribution is -0.145. The Morgan fingerprint density at radius 1 is 0.929 bits per heavy atom. The average Bonchev–Trinajstić information content (AvgIpc) is 2.69. The van der Waals surface area contributed by atoms with Crippen LogP contribution in [0, 0.1) is 0 Å². The minimum atomic E-state index is -0.539. The van der Waals surface area contributed by atoms with Gasteiger partial charge in [-0.3, -0.25) is 14.4 Å². The number of ether oxygens (including phenoxy) is 1. The molecule has 0 saturated heterocycles. The highest BCUT2D eigenvalue weighted by molar-refractivity contribution is 8.00. The number of rotatable bonds is 10. The van der Waals surface area contributed by atoms with Crippen LogP contribution in [0.15, 0.2) is 54.6 Å². The summed E-state index contributed by atoms with van der Waals surface area (Å²) >= 11 is 6.89. The lowest BCUT2D eigenvalue weighted by Gasteiger charge is -2.07. The van der Waals surface area contributed by atoms with Gasteiger partial charge >= 0.3 is 5.97 Å². The third kappa shape index (κ3) is 8.92. The van der Waals surface area contributed by atoms with E-state index in [1.54, 1.807) is 24.3 Å². The third-order valence-electron chi connectivity index (χ3n) is 3.52. The summed E-state index contributed by atoms with van der Waals surface area (Å²) in [5.74, 6) is -1.04. The fourth-order valence-electron chi connectivity index (χ4n) is 2.19. The van der Waals surface area contributed by atoms with E-state index in [2.05, 4.69) is 10.6 Å². The van der Waals surface area contributed by atoms with Crippen molar-refractivity contribution in [2.24, 2.45) is 0 Å². The quantitative estimate of drug-likeness (QED) is 0.577. The van der Waals surface area contributed by atoms with Crippen LogP contribution < -0.4 is 10.6 Å². The van der Waals surface area contributed by atoms with Crippen LogP contribution >= 0.6 is 23.4 Å². The number of hydrogen-bond acceptors (Lipinski definition) is 5. The standard InChI is InChI=1S/C20H21ClN2O4S/c21-16-6-8-17(9-7-16)23-19(25)13-28-14-20(26)27-12-18(24)22-11-10-15-4-2-1-3-5-15/h1-9H,10-14H2,(H,22,24)(H,23,25). The predicted molar refractivity (Wildman–Crippen MR) is 112 cm³/mol. The normalized spacial score (nSPS) is 10.2. The van der Waals surface area contributed by atoms with Gasteiger partial charge in [-0.2, -0.15) is 0 Å². The van der Waals surface area contributed by atoms with Crippen molar-refractivity contribution in [3.05, 3.63) is 65.2 Å². The summed E-state index contributed by atoms with van der Waals surface area (Å²) in [5, 5.41) is 5.97. The number of anilines is 1. The molecule has 0 spiro atoms. The molecule has 2 amide bonds. The second kappa shape index (κ2) is 12.0. The molecule has 0 aliphatic rings. The van der Waals surface area contributed by atoms with E-state index in [0.717, 1.165) is 17.3 Å². The molecule has 0 fully saturated rings.